The van der Waals surface area contributed by atoms with E-state index < -0.39 is 0 Å². The number of H-pyrrole nitrogens is 1. The molecule has 10 heteroatoms. The standard InChI is InChI=1S/C23H29N7O2S/c1-5-30(6-2)21-19(32-4)20(25-18-13-14(3)28-29-18)26-23(27-21)33-17-11-9-16(10-12-17)24-22(31)15-7-8-15/h9-13,15H,5-8H2,1-4H3,(H,24,31)(H2,25,26,27,28,29). The number of rotatable bonds is 10. The van der Waals surface area contributed by atoms with Crippen molar-refractivity contribution >= 4 is 40.8 Å². The number of methoxy groups -OCH3 is 1. The van der Waals surface area contributed by atoms with E-state index in [9.17, 15) is 4.79 Å². The zero-order valence-corrected chi connectivity index (χ0v) is 20.1. The lowest BCUT2D eigenvalue weighted by Crippen LogP contribution is -2.24. The quantitative estimate of drug-likeness (QED) is 0.371. The van der Waals surface area contributed by atoms with Gasteiger partial charge in [-0.25, -0.2) is 9.97 Å². The van der Waals surface area contributed by atoms with Gasteiger partial charge >= 0.3 is 0 Å². The molecule has 3 aromatic rings. The number of carbonyl (C=O) groups is 1. The Labute approximate surface area is 197 Å². The number of anilines is 4. The van der Waals surface area contributed by atoms with Crippen molar-refractivity contribution in [2.24, 2.45) is 5.92 Å². The van der Waals surface area contributed by atoms with Gasteiger partial charge in [0.1, 0.15) is 0 Å². The van der Waals surface area contributed by atoms with E-state index in [0.29, 0.717) is 22.5 Å². The second-order valence-corrected chi connectivity index (χ2v) is 8.88. The summed E-state index contributed by atoms with van der Waals surface area (Å²) in [5.41, 5.74) is 1.74. The van der Waals surface area contributed by atoms with Crippen LogP contribution in [0.15, 0.2) is 40.4 Å². The number of aromatic amines is 1. The summed E-state index contributed by atoms with van der Waals surface area (Å²) in [6.45, 7) is 7.66. The molecule has 1 aliphatic carbocycles. The van der Waals surface area contributed by atoms with Gasteiger partial charge in [0.25, 0.3) is 0 Å². The molecule has 0 aliphatic heterocycles. The van der Waals surface area contributed by atoms with Gasteiger partial charge in [-0.05, 0) is 69.6 Å². The Kier molecular flexibility index (Phi) is 7.02. The van der Waals surface area contributed by atoms with Crippen LogP contribution in [0, 0.1) is 12.8 Å². The van der Waals surface area contributed by atoms with Crippen molar-refractivity contribution in [2.75, 3.05) is 35.7 Å². The number of nitrogens with zero attached hydrogens (tertiary/aromatic N) is 4. The second-order valence-electron chi connectivity index (χ2n) is 7.84. The predicted molar refractivity (Wildman–Crippen MR) is 131 cm³/mol. The molecular formula is C23H29N7O2S. The Morgan fingerprint density at radius 2 is 1.94 bits per heavy atom. The van der Waals surface area contributed by atoms with Crippen LogP contribution in [0.5, 0.6) is 5.75 Å². The van der Waals surface area contributed by atoms with Crippen molar-refractivity contribution in [3.8, 4) is 5.75 Å². The average molecular weight is 468 g/mol. The highest BCUT2D eigenvalue weighted by Gasteiger charge is 2.29. The van der Waals surface area contributed by atoms with Gasteiger partial charge in [-0.2, -0.15) is 5.10 Å². The summed E-state index contributed by atoms with van der Waals surface area (Å²) in [5.74, 6) is 2.78. The molecule has 2 heterocycles. The second kappa shape index (κ2) is 10.1. The van der Waals surface area contributed by atoms with Gasteiger partial charge < -0.3 is 20.3 Å². The summed E-state index contributed by atoms with van der Waals surface area (Å²) >= 11 is 1.45. The van der Waals surface area contributed by atoms with Crippen molar-refractivity contribution in [3.05, 3.63) is 36.0 Å². The maximum atomic E-state index is 12.0. The first-order valence-corrected chi connectivity index (χ1v) is 11.9. The number of ether oxygens (including phenoxy) is 1. The van der Waals surface area contributed by atoms with Crippen molar-refractivity contribution in [2.45, 2.75) is 43.7 Å². The molecule has 0 spiro atoms. The predicted octanol–water partition coefficient (Wildman–Crippen LogP) is 4.61. The first-order valence-electron chi connectivity index (χ1n) is 11.1. The molecule has 9 nitrogen and oxygen atoms in total. The first-order chi connectivity index (χ1) is 16.0. The van der Waals surface area contributed by atoms with Crippen molar-refractivity contribution in [1.29, 1.82) is 0 Å². The van der Waals surface area contributed by atoms with Crippen molar-refractivity contribution in [1.82, 2.24) is 20.2 Å². The summed E-state index contributed by atoms with van der Waals surface area (Å²) in [5, 5.41) is 14.0. The zero-order chi connectivity index (χ0) is 23.4. The van der Waals surface area contributed by atoms with Gasteiger partial charge in [0.2, 0.25) is 11.7 Å². The van der Waals surface area contributed by atoms with E-state index in [2.05, 4.69) is 39.6 Å². The van der Waals surface area contributed by atoms with E-state index in [4.69, 9.17) is 14.7 Å². The van der Waals surface area contributed by atoms with Gasteiger partial charge in [-0.1, -0.05) is 0 Å². The summed E-state index contributed by atoms with van der Waals surface area (Å²) in [6, 6.07) is 9.64. The SMILES string of the molecule is CCN(CC)c1nc(Sc2ccc(NC(=O)C3CC3)cc2)nc(Nc2cc(C)[nH]n2)c1OC. The molecule has 33 heavy (non-hydrogen) atoms. The molecule has 1 aromatic carbocycles. The Bertz CT molecular complexity index is 1110. The minimum Gasteiger partial charge on any atom is -0.490 e. The van der Waals surface area contributed by atoms with E-state index in [1.54, 1.807) is 7.11 Å². The van der Waals surface area contributed by atoms with E-state index in [1.807, 2.05) is 37.3 Å². The maximum absolute atomic E-state index is 12.0. The third kappa shape index (κ3) is 5.57. The third-order valence-electron chi connectivity index (χ3n) is 5.33. The van der Waals surface area contributed by atoms with Crippen LogP contribution < -0.4 is 20.3 Å². The van der Waals surface area contributed by atoms with Crippen LogP contribution in [0.3, 0.4) is 0 Å². The number of aromatic nitrogens is 4. The normalized spacial score (nSPS) is 13.0. The average Bonchev–Trinajstić information content (AvgIpc) is 3.58. The fourth-order valence-electron chi connectivity index (χ4n) is 3.38. The van der Waals surface area contributed by atoms with Crippen LogP contribution in [-0.4, -0.2) is 46.3 Å². The van der Waals surface area contributed by atoms with Crippen LogP contribution in [0.4, 0.5) is 23.1 Å². The molecule has 1 amide bonds. The highest BCUT2D eigenvalue weighted by molar-refractivity contribution is 7.99. The molecule has 3 N–H and O–H groups in total. The fraction of sp³-hybridized carbons (Fsp3) is 0.391. The van der Waals surface area contributed by atoms with Gasteiger partial charge in [-0.15, -0.1) is 0 Å². The Morgan fingerprint density at radius 1 is 1.21 bits per heavy atom. The third-order valence-corrected chi connectivity index (χ3v) is 6.20. The van der Waals surface area contributed by atoms with Crippen LogP contribution >= 0.6 is 11.8 Å². The lowest BCUT2D eigenvalue weighted by atomic mass is 10.3. The highest BCUT2D eigenvalue weighted by Crippen LogP contribution is 2.38. The van der Waals surface area contributed by atoms with Crippen LogP contribution in [-0.2, 0) is 4.79 Å². The summed E-state index contributed by atoms with van der Waals surface area (Å²) in [4.78, 5) is 24.6. The van der Waals surface area contributed by atoms with Crippen molar-refractivity contribution < 1.29 is 9.53 Å². The summed E-state index contributed by atoms with van der Waals surface area (Å²) in [7, 11) is 1.62. The molecule has 174 valence electrons. The molecule has 0 unspecified atom stereocenters. The molecule has 4 rings (SSSR count). The molecule has 1 saturated carbocycles. The topological polar surface area (TPSA) is 108 Å². The molecule has 1 aliphatic rings. The molecule has 2 aromatic heterocycles. The van der Waals surface area contributed by atoms with E-state index >= 15 is 0 Å². The Morgan fingerprint density at radius 3 is 2.52 bits per heavy atom. The molecular weight excluding hydrogens is 438 g/mol. The Balaban J connectivity index is 1.61. The van der Waals surface area contributed by atoms with Gasteiger partial charge in [0.05, 0.1) is 7.11 Å². The maximum Gasteiger partial charge on any atom is 0.227 e. The number of benzene rings is 1. The number of hydrogen-bond donors (Lipinski definition) is 3. The smallest absolute Gasteiger partial charge is 0.227 e. The molecule has 0 bridgehead atoms. The van der Waals surface area contributed by atoms with Gasteiger partial charge in [0, 0.05) is 41.4 Å². The molecule has 0 radical (unpaired) electrons. The number of amides is 1. The lowest BCUT2D eigenvalue weighted by molar-refractivity contribution is -0.117. The molecule has 1 fully saturated rings. The Hall–Kier alpha value is -3.27. The monoisotopic (exact) mass is 467 g/mol. The van der Waals surface area contributed by atoms with E-state index in [-0.39, 0.29) is 11.8 Å². The molecule has 0 atom stereocenters. The number of hydrogen-bond acceptors (Lipinski definition) is 8. The summed E-state index contributed by atoms with van der Waals surface area (Å²) < 4.78 is 5.71. The number of aryl methyl sites for hydroxylation is 1. The minimum absolute atomic E-state index is 0.0991. The van der Waals surface area contributed by atoms with Crippen molar-refractivity contribution in [3.63, 3.8) is 0 Å². The minimum atomic E-state index is 0.0991. The van der Waals surface area contributed by atoms with Crippen LogP contribution in [0.1, 0.15) is 32.4 Å². The zero-order valence-electron chi connectivity index (χ0n) is 19.3. The highest BCUT2D eigenvalue weighted by atomic mass is 32.2. The lowest BCUT2D eigenvalue weighted by Gasteiger charge is -2.23. The van der Waals surface area contributed by atoms with E-state index in [1.165, 1.54) is 11.8 Å². The number of carbonyl (C=O) groups excluding carboxylic acids is 1. The van der Waals surface area contributed by atoms with Crippen LogP contribution in [0.25, 0.3) is 0 Å². The van der Waals surface area contributed by atoms with Crippen LogP contribution in [0.2, 0.25) is 0 Å². The van der Waals surface area contributed by atoms with Gasteiger partial charge in [0.15, 0.2) is 22.6 Å². The molecule has 0 saturated heterocycles. The number of nitrogens with one attached hydrogen (secondary N) is 3. The first kappa shape index (κ1) is 22.9. The largest absolute Gasteiger partial charge is 0.490 e. The summed E-state index contributed by atoms with van der Waals surface area (Å²) in [6.07, 6.45) is 1.97. The van der Waals surface area contributed by atoms with E-state index in [0.717, 1.165) is 48.0 Å². The fourth-order valence-corrected chi connectivity index (χ4v) is 4.13. The van der Waals surface area contributed by atoms with Gasteiger partial charge in [-0.3, -0.25) is 9.89 Å².